The van der Waals surface area contributed by atoms with Crippen LogP contribution in [0.5, 0.6) is 0 Å². The Labute approximate surface area is 107 Å². The van der Waals surface area contributed by atoms with Crippen molar-refractivity contribution < 1.29 is 9.59 Å². The monoisotopic (exact) mass is 254 g/mol. The number of thiocarbonyl (C=S) groups is 1. The highest BCUT2D eigenvalue weighted by molar-refractivity contribution is 7.80. The molecule has 4 nitrogen and oxygen atoms in total. The van der Waals surface area contributed by atoms with Gasteiger partial charge in [0.2, 0.25) is 11.8 Å². The molecule has 2 amide bonds. The summed E-state index contributed by atoms with van der Waals surface area (Å²) >= 11 is 5.14. The SMILES string of the molecule is CC1CCC(C(N)=S)(N2C(=O)CCC2=O)CC1. The first-order valence-electron chi connectivity index (χ1n) is 6.13. The molecule has 1 saturated carbocycles. The minimum atomic E-state index is -0.674. The third-order valence-electron chi connectivity index (χ3n) is 4.04. The predicted molar refractivity (Wildman–Crippen MR) is 68.2 cm³/mol. The Morgan fingerprint density at radius 1 is 1.29 bits per heavy atom. The first-order chi connectivity index (χ1) is 7.97. The van der Waals surface area contributed by atoms with E-state index in [2.05, 4.69) is 6.92 Å². The van der Waals surface area contributed by atoms with Crippen molar-refractivity contribution in [3.05, 3.63) is 0 Å². The molecule has 1 aliphatic heterocycles. The van der Waals surface area contributed by atoms with Crippen LogP contribution in [0.15, 0.2) is 0 Å². The van der Waals surface area contributed by atoms with Gasteiger partial charge in [-0.05, 0) is 31.6 Å². The second-order valence-electron chi connectivity index (χ2n) is 5.20. The Morgan fingerprint density at radius 2 is 1.76 bits per heavy atom. The minimum Gasteiger partial charge on any atom is -0.391 e. The average molecular weight is 254 g/mol. The number of carbonyl (C=O) groups is 2. The largest absolute Gasteiger partial charge is 0.391 e. The molecule has 2 rings (SSSR count). The van der Waals surface area contributed by atoms with Crippen LogP contribution in [0.2, 0.25) is 0 Å². The molecule has 0 atom stereocenters. The van der Waals surface area contributed by atoms with Crippen LogP contribution in [0.3, 0.4) is 0 Å². The number of hydrogen-bond donors (Lipinski definition) is 1. The van der Waals surface area contributed by atoms with Gasteiger partial charge in [-0.15, -0.1) is 0 Å². The van der Waals surface area contributed by atoms with Crippen molar-refractivity contribution in [2.24, 2.45) is 11.7 Å². The van der Waals surface area contributed by atoms with Crippen LogP contribution in [-0.2, 0) is 9.59 Å². The van der Waals surface area contributed by atoms with Crippen molar-refractivity contribution in [1.29, 1.82) is 0 Å². The molecule has 0 radical (unpaired) electrons. The van der Waals surface area contributed by atoms with Crippen molar-refractivity contribution in [1.82, 2.24) is 4.90 Å². The Hall–Kier alpha value is -0.970. The van der Waals surface area contributed by atoms with Gasteiger partial charge in [-0.1, -0.05) is 19.1 Å². The van der Waals surface area contributed by atoms with Gasteiger partial charge in [0.15, 0.2) is 0 Å². The van der Waals surface area contributed by atoms with Gasteiger partial charge < -0.3 is 5.73 Å². The molecule has 0 bridgehead atoms. The summed E-state index contributed by atoms with van der Waals surface area (Å²) in [5.41, 5.74) is 5.16. The molecular formula is C12H18N2O2S. The number of amides is 2. The van der Waals surface area contributed by atoms with E-state index < -0.39 is 5.54 Å². The Bertz CT molecular complexity index is 357. The predicted octanol–water partition coefficient (Wildman–Crippen LogP) is 1.37. The Kier molecular flexibility index (Phi) is 3.21. The second-order valence-corrected chi connectivity index (χ2v) is 5.64. The zero-order chi connectivity index (χ0) is 12.6. The minimum absolute atomic E-state index is 0.114. The molecule has 2 N–H and O–H groups in total. The summed E-state index contributed by atoms with van der Waals surface area (Å²) in [6.45, 7) is 2.18. The van der Waals surface area contributed by atoms with E-state index in [9.17, 15) is 9.59 Å². The third-order valence-corrected chi connectivity index (χ3v) is 4.42. The van der Waals surface area contributed by atoms with E-state index in [1.807, 2.05) is 0 Å². The van der Waals surface area contributed by atoms with Gasteiger partial charge in [0.1, 0.15) is 5.54 Å². The van der Waals surface area contributed by atoms with Crippen LogP contribution < -0.4 is 5.73 Å². The Morgan fingerprint density at radius 3 is 2.18 bits per heavy atom. The van der Waals surface area contributed by atoms with Crippen molar-refractivity contribution >= 4 is 29.0 Å². The molecular weight excluding hydrogens is 236 g/mol. The van der Waals surface area contributed by atoms with E-state index in [-0.39, 0.29) is 11.8 Å². The Balaban J connectivity index is 2.31. The summed E-state index contributed by atoms with van der Waals surface area (Å²) in [5, 5.41) is 0. The van der Waals surface area contributed by atoms with Crippen LogP contribution in [0.1, 0.15) is 45.4 Å². The highest BCUT2D eigenvalue weighted by Crippen LogP contribution is 2.39. The maximum absolute atomic E-state index is 11.9. The van der Waals surface area contributed by atoms with Crippen molar-refractivity contribution in [3.63, 3.8) is 0 Å². The van der Waals surface area contributed by atoms with Gasteiger partial charge in [-0.25, -0.2) is 0 Å². The lowest BCUT2D eigenvalue weighted by Gasteiger charge is -2.44. The molecule has 0 aromatic rings. The van der Waals surface area contributed by atoms with Crippen molar-refractivity contribution in [3.8, 4) is 0 Å². The van der Waals surface area contributed by atoms with Crippen LogP contribution >= 0.6 is 12.2 Å². The molecule has 5 heteroatoms. The highest BCUT2D eigenvalue weighted by Gasteiger charge is 2.49. The van der Waals surface area contributed by atoms with Crippen LogP contribution in [0.25, 0.3) is 0 Å². The molecule has 1 heterocycles. The summed E-state index contributed by atoms with van der Waals surface area (Å²) in [6, 6.07) is 0. The maximum atomic E-state index is 11.9. The number of nitrogens with zero attached hydrogens (tertiary/aromatic N) is 1. The van der Waals surface area contributed by atoms with E-state index in [1.165, 1.54) is 4.90 Å². The van der Waals surface area contributed by atoms with E-state index >= 15 is 0 Å². The fourth-order valence-electron chi connectivity index (χ4n) is 2.87. The highest BCUT2D eigenvalue weighted by atomic mass is 32.1. The van der Waals surface area contributed by atoms with Gasteiger partial charge in [-0.3, -0.25) is 14.5 Å². The zero-order valence-corrected chi connectivity index (χ0v) is 10.9. The average Bonchev–Trinajstić information content (AvgIpc) is 2.61. The topological polar surface area (TPSA) is 63.4 Å². The quantitative estimate of drug-likeness (QED) is 0.597. The fraction of sp³-hybridized carbons (Fsp3) is 0.750. The smallest absolute Gasteiger partial charge is 0.230 e. The summed E-state index contributed by atoms with van der Waals surface area (Å²) < 4.78 is 0. The van der Waals surface area contributed by atoms with E-state index in [1.54, 1.807) is 0 Å². The number of nitrogens with two attached hydrogens (primary N) is 1. The lowest BCUT2D eigenvalue weighted by Crippen LogP contribution is -2.60. The number of hydrogen-bond acceptors (Lipinski definition) is 3. The van der Waals surface area contributed by atoms with Gasteiger partial charge in [0.25, 0.3) is 0 Å². The number of carbonyl (C=O) groups excluding carboxylic acids is 2. The summed E-state index contributed by atoms with van der Waals surface area (Å²) in [4.78, 5) is 25.4. The molecule has 0 aromatic carbocycles. The lowest BCUT2D eigenvalue weighted by atomic mass is 9.76. The zero-order valence-electron chi connectivity index (χ0n) is 10.1. The first-order valence-corrected chi connectivity index (χ1v) is 6.54. The van der Waals surface area contributed by atoms with Crippen molar-refractivity contribution in [2.75, 3.05) is 0 Å². The molecule has 2 fully saturated rings. The molecule has 17 heavy (non-hydrogen) atoms. The molecule has 1 aliphatic carbocycles. The fourth-order valence-corrected chi connectivity index (χ4v) is 3.17. The normalized spacial score (nSPS) is 34.2. The molecule has 2 aliphatic rings. The number of imide groups is 1. The summed E-state index contributed by atoms with van der Waals surface area (Å²) in [6.07, 6.45) is 3.99. The first kappa shape index (κ1) is 12.5. The summed E-state index contributed by atoms with van der Waals surface area (Å²) in [7, 11) is 0. The van der Waals surface area contributed by atoms with Crippen LogP contribution in [-0.4, -0.2) is 27.2 Å². The number of likely N-dealkylation sites (tertiary alicyclic amines) is 1. The van der Waals surface area contributed by atoms with Crippen molar-refractivity contribution in [2.45, 2.75) is 51.0 Å². The van der Waals surface area contributed by atoms with E-state index in [0.717, 1.165) is 25.7 Å². The maximum Gasteiger partial charge on any atom is 0.230 e. The van der Waals surface area contributed by atoms with E-state index in [0.29, 0.717) is 23.7 Å². The molecule has 0 spiro atoms. The van der Waals surface area contributed by atoms with Gasteiger partial charge in [0, 0.05) is 12.8 Å². The van der Waals surface area contributed by atoms with Crippen LogP contribution in [0, 0.1) is 5.92 Å². The van der Waals surface area contributed by atoms with Gasteiger partial charge in [0.05, 0.1) is 4.99 Å². The molecule has 94 valence electrons. The lowest BCUT2D eigenvalue weighted by molar-refractivity contribution is -0.144. The summed E-state index contributed by atoms with van der Waals surface area (Å²) in [5.74, 6) is 0.389. The molecule has 0 unspecified atom stereocenters. The standard InChI is InChI=1S/C12H18N2O2S/c1-8-4-6-12(7-5-8,11(13)17)14-9(15)2-3-10(14)16/h8H,2-7H2,1H3,(H2,13,17). The molecule has 1 saturated heterocycles. The second kappa shape index (κ2) is 4.37. The van der Waals surface area contributed by atoms with Gasteiger partial charge in [-0.2, -0.15) is 0 Å². The number of rotatable bonds is 2. The van der Waals surface area contributed by atoms with E-state index in [4.69, 9.17) is 18.0 Å². The third kappa shape index (κ3) is 1.97. The molecule has 0 aromatic heterocycles. The van der Waals surface area contributed by atoms with Gasteiger partial charge >= 0.3 is 0 Å². The van der Waals surface area contributed by atoms with Crippen LogP contribution in [0.4, 0.5) is 0 Å².